The van der Waals surface area contributed by atoms with Gasteiger partial charge in [0.2, 0.25) is 11.8 Å². The lowest BCUT2D eigenvalue weighted by molar-refractivity contribution is -0.122. The fraction of sp³-hybridized carbons (Fsp3) is 0.818. The van der Waals surface area contributed by atoms with Crippen molar-refractivity contribution < 1.29 is 14.7 Å². The number of nitrogens with two attached hydrogens (primary N) is 2. The first-order valence-corrected chi connectivity index (χ1v) is 6.00. The topological polar surface area (TPSA) is 118 Å². The van der Waals surface area contributed by atoms with E-state index in [1.165, 1.54) is 0 Å². The number of nitrogens with one attached hydrogen (secondary N) is 1. The van der Waals surface area contributed by atoms with Crippen LogP contribution >= 0.6 is 0 Å². The van der Waals surface area contributed by atoms with Gasteiger partial charge in [0.05, 0.1) is 6.04 Å². The lowest BCUT2D eigenvalue weighted by Crippen LogP contribution is -2.41. The summed E-state index contributed by atoms with van der Waals surface area (Å²) in [5.41, 5.74) is 10.5. The van der Waals surface area contributed by atoms with Crippen LogP contribution < -0.4 is 16.8 Å². The molecule has 0 aromatic heterocycles. The first-order chi connectivity index (χ1) is 8.07. The molecule has 1 atom stereocenters. The fourth-order valence-electron chi connectivity index (χ4n) is 1.36. The average molecular weight is 245 g/mol. The summed E-state index contributed by atoms with van der Waals surface area (Å²) in [6.45, 7) is 0.791. The van der Waals surface area contributed by atoms with Crippen LogP contribution in [0.2, 0.25) is 0 Å². The third kappa shape index (κ3) is 9.77. The monoisotopic (exact) mass is 245 g/mol. The molecule has 0 aliphatic carbocycles. The van der Waals surface area contributed by atoms with Crippen molar-refractivity contribution >= 4 is 11.8 Å². The Balaban J connectivity index is 3.47. The van der Waals surface area contributed by atoms with Crippen LogP contribution in [0.25, 0.3) is 0 Å². The second kappa shape index (κ2) is 10.0. The predicted octanol–water partition coefficient (Wildman–Crippen LogP) is -0.752. The number of rotatable bonds is 10. The molecular weight excluding hydrogens is 222 g/mol. The minimum Gasteiger partial charge on any atom is -0.396 e. The van der Waals surface area contributed by atoms with Crippen molar-refractivity contribution in [3.63, 3.8) is 0 Å². The second-order valence-corrected chi connectivity index (χ2v) is 4.04. The molecule has 0 unspecified atom stereocenters. The van der Waals surface area contributed by atoms with Gasteiger partial charge in [-0.15, -0.1) is 0 Å². The van der Waals surface area contributed by atoms with Gasteiger partial charge < -0.3 is 21.9 Å². The number of carbonyl (C=O) groups is 2. The second-order valence-electron chi connectivity index (χ2n) is 4.04. The summed E-state index contributed by atoms with van der Waals surface area (Å²) >= 11 is 0. The van der Waals surface area contributed by atoms with Crippen molar-refractivity contribution in [1.82, 2.24) is 5.32 Å². The number of amides is 2. The molecule has 6 N–H and O–H groups in total. The Bertz CT molecular complexity index is 234. The summed E-state index contributed by atoms with van der Waals surface area (Å²) in [4.78, 5) is 21.9. The zero-order valence-electron chi connectivity index (χ0n) is 10.2. The molecule has 0 aliphatic rings. The van der Waals surface area contributed by atoms with E-state index in [2.05, 4.69) is 5.32 Å². The van der Waals surface area contributed by atoms with Crippen LogP contribution in [0.1, 0.15) is 38.5 Å². The Hall–Kier alpha value is -1.14. The molecule has 0 heterocycles. The maximum absolute atomic E-state index is 11.4. The highest BCUT2D eigenvalue weighted by Gasteiger charge is 2.13. The molecule has 0 spiro atoms. The van der Waals surface area contributed by atoms with Gasteiger partial charge in [0, 0.05) is 19.6 Å². The van der Waals surface area contributed by atoms with E-state index < -0.39 is 11.9 Å². The van der Waals surface area contributed by atoms with Crippen molar-refractivity contribution in [2.75, 3.05) is 13.2 Å². The van der Waals surface area contributed by atoms with Crippen molar-refractivity contribution in [3.05, 3.63) is 0 Å². The molecule has 6 heteroatoms. The molecule has 0 aromatic carbocycles. The molecule has 0 radical (unpaired) electrons. The zero-order chi connectivity index (χ0) is 13.1. The molecule has 0 fully saturated rings. The van der Waals surface area contributed by atoms with E-state index in [0.717, 1.165) is 25.7 Å². The standard InChI is InChI=1S/C11H23N3O3/c12-9(5-6-10(13)16)11(17)14-7-3-1-2-4-8-15/h9,15H,1-8,12H2,(H2,13,16)(H,14,17)/t9-/m0/s1. The van der Waals surface area contributed by atoms with Gasteiger partial charge >= 0.3 is 0 Å². The molecule has 17 heavy (non-hydrogen) atoms. The van der Waals surface area contributed by atoms with Gasteiger partial charge in [0.15, 0.2) is 0 Å². The summed E-state index contributed by atoms with van der Waals surface area (Å²) in [5.74, 6) is -0.689. The van der Waals surface area contributed by atoms with Gasteiger partial charge in [-0.3, -0.25) is 9.59 Å². The molecule has 0 bridgehead atoms. The fourth-order valence-corrected chi connectivity index (χ4v) is 1.36. The number of hydrogen-bond donors (Lipinski definition) is 4. The smallest absolute Gasteiger partial charge is 0.236 e. The van der Waals surface area contributed by atoms with Crippen molar-refractivity contribution in [2.24, 2.45) is 11.5 Å². The number of aliphatic hydroxyl groups excluding tert-OH is 1. The molecule has 0 aliphatic heterocycles. The summed E-state index contributed by atoms with van der Waals surface area (Å²) in [6, 6.07) is -0.667. The van der Waals surface area contributed by atoms with Gasteiger partial charge in [-0.25, -0.2) is 0 Å². The normalized spacial score (nSPS) is 12.1. The van der Waals surface area contributed by atoms with Gasteiger partial charge in [0.25, 0.3) is 0 Å². The van der Waals surface area contributed by atoms with E-state index in [1.807, 2.05) is 0 Å². The summed E-state index contributed by atoms with van der Waals surface area (Å²) in [6.07, 6.45) is 4.01. The Morgan fingerprint density at radius 1 is 1.18 bits per heavy atom. The Morgan fingerprint density at radius 2 is 1.82 bits per heavy atom. The first-order valence-electron chi connectivity index (χ1n) is 6.00. The highest BCUT2D eigenvalue weighted by molar-refractivity contribution is 5.82. The Kier molecular flexibility index (Phi) is 9.37. The first kappa shape index (κ1) is 15.9. The Morgan fingerprint density at radius 3 is 2.41 bits per heavy atom. The minimum absolute atomic E-state index is 0.130. The maximum Gasteiger partial charge on any atom is 0.236 e. The molecule has 0 saturated heterocycles. The van der Waals surface area contributed by atoms with E-state index >= 15 is 0 Å². The molecule has 2 amide bonds. The van der Waals surface area contributed by atoms with Crippen LogP contribution in [0, 0.1) is 0 Å². The minimum atomic E-state index is -0.667. The van der Waals surface area contributed by atoms with E-state index in [1.54, 1.807) is 0 Å². The molecule has 0 saturated carbocycles. The average Bonchev–Trinajstić information content (AvgIpc) is 2.30. The van der Waals surface area contributed by atoms with Gasteiger partial charge in [-0.1, -0.05) is 12.8 Å². The lowest BCUT2D eigenvalue weighted by atomic mass is 10.1. The largest absolute Gasteiger partial charge is 0.396 e. The van der Waals surface area contributed by atoms with Gasteiger partial charge in [0.1, 0.15) is 0 Å². The SMILES string of the molecule is NC(=O)CC[C@H](N)C(=O)NCCCCCCO. The number of hydrogen-bond acceptors (Lipinski definition) is 4. The van der Waals surface area contributed by atoms with Crippen LogP contribution in [0.4, 0.5) is 0 Å². The number of primary amides is 1. The predicted molar refractivity (Wildman–Crippen MR) is 65.0 cm³/mol. The molecule has 0 rings (SSSR count). The summed E-state index contributed by atoms with van der Waals surface area (Å²) in [5, 5.41) is 11.3. The number of carbonyl (C=O) groups excluding carboxylic acids is 2. The van der Waals surface area contributed by atoms with Crippen LogP contribution in [0.3, 0.4) is 0 Å². The summed E-state index contributed by atoms with van der Waals surface area (Å²) < 4.78 is 0. The number of unbranched alkanes of at least 4 members (excludes halogenated alkanes) is 3. The molecular formula is C11H23N3O3. The van der Waals surface area contributed by atoms with Gasteiger partial charge in [-0.2, -0.15) is 0 Å². The zero-order valence-corrected chi connectivity index (χ0v) is 10.2. The number of aliphatic hydroxyl groups is 1. The highest BCUT2D eigenvalue weighted by Crippen LogP contribution is 1.98. The third-order valence-electron chi connectivity index (χ3n) is 2.42. The maximum atomic E-state index is 11.4. The van der Waals surface area contributed by atoms with Crippen LogP contribution in [-0.4, -0.2) is 36.1 Å². The quantitative estimate of drug-likeness (QED) is 0.378. The Labute approximate surface area is 102 Å². The van der Waals surface area contributed by atoms with E-state index in [-0.39, 0.29) is 25.4 Å². The van der Waals surface area contributed by atoms with E-state index in [0.29, 0.717) is 6.54 Å². The summed E-state index contributed by atoms with van der Waals surface area (Å²) in [7, 11) is 0. The van der Waals surface area contributed by atoms with Crippen molar-refractivity contribution in [3.8, 4) is 0 Å². The molecule has 0 aromatic rings. The van der Waals surface area contributed by atoms with E-state index in [9.17, 15) is 9.59 Å². The third-order valence-corrected chi connectivity index (χ3v) is 2.42. The van der Waals surface area contributed by atoms with Crippen molar-refractivity contribution in [1.29, 1.82) is 0 Å². The molecule has 100 valence electrons. The van der Waals surface area contributed by atoms with Crippen LogP contribution in [0.15, 0.2) is 0 Å². The van der Waals surface area contributed by atoms with E-state index in [4.69, 9.17) is 16.6 Å². The highest BCUT2D eigenvalue weighted by atomic mass is 16.2. The van der Waals surface area contributed by atoms with Crippen LogP contribution in [0.5, 0.6) is 0 Å². The van der Waals surface area contributed by atoms with Crippen molar-refractivity contribution in [2.45, 2.75) is 44.6 Å². The van der Waals surface area contributed by atoms with Gasteiger partial charge in [-0.05, 0) is 19.3 Å². The lowest BCUT2D eigenvalue weighted by Gasteiger charge is -2.11. The molecule has 6 nitrogen and oxygen atoms in total. The van der Waals surface area contributed by atoms with Crippen LogP contribution in [-0.2, 0) is 9.59 Å².